The van der Waals surface area contributed by atoms with E-state index in [4.69, 9.17) is 15.8 Å². The van der Waals surface area contributed by atoms with Crippen LogP contribution in [0.3, 0.4) is 0 Å². The quantitative estimate of drug-likeness (QED) is 0.800. The van der Waals surface area contributed by atoms with Crippen LogP contribution in [0.15, 0.2) is 41.4 Å². The standard InChI is InChI=1S/C10H9ClN2O3S/c1-13-7-6-10(12-13)16-17(14,15)9-4-2-8(11)3-5-9/h2-7H,1H3. The minimum absolute atomic E-state index is 0.0300. The molecule has 0 saturated heterocycles. The third kappa shape index (κ3) is 2.78. The number of aryl methyl sites for hydroxylation is 1. The highest BCUT2D eigenvalue weighted by molar-refractivity contribution is 7.87. The predicted octanol–water partition coefficient (Wildman–Crippen LogP) is 1.84. The van der Waals surface area contributed by atoms with E-state index in [0.717, 1.165) is 0 Å². The number of rotatable bonds is 3. The Labute approximate surface area is 104 Å². The molecule has 2 rings (SSSR count). The smallest absolute Gasteiger partial charge is 0.340 e. The SMILES string of the molecule is Cn1ccc(OS(=O)(=O)c2ccc(Cl)cc2)n1. The Balaban J connectivity index is 2.28. The van der Waals surface area contributed by atoms with Crippen LogP contribution in [0.1, 0.15) is 0 Å². The van der Waals surface area contributed by atoms with Crippen molar-refractivity contribution < 1.29 is 12.6 Å². The molecule has 0 amide bonds. The van der Waals surface area contributed by atoms with Crippen molar-refractivity contribution in [2.45, 2.75) is 4.90 Å². The summed E-state index contributed by atoms with van der Waals surface area (Å²) < 4.78 is 29.9. The van der Waals surface area contributed by atoms with Crippen molar-refractivity contribution in [1.29, 1.82) is 0 Å². The van der Waals surface area contributed by atoms with Gasteiger partial charge in [0.1, 0.15) is 4.90 Å². The summed E-state index contributed by atoms with van der Waals surface area (Å²) in [7, 11) is -2.18. The average molecular weight is 273 g/mol. The molecule has 90 valence electrons. The first-order valence-corrected chi connectivity index (χ1v) is 6.46. The van der Waals surface area contributed by atoms with Crippen LogP contribution in [-0.4, -0.2) is 18.2 Å². The number of hydrogen-bond acceptors (Lipinski definition) is 4. The fourth-order valence-electron chi connectivity index (χ4n) is 1.20. The van der Waals surface area contributed by atoms with Gasteiger partial charge in [-0.05, 0) is 24.3 Å². The van der Waals surface area contributed by atoms with Gasteiger partial charge in [-0.1, -0.05) is 11.6 Å². The molecule has 0 fully saturated rings. The highest BCUT2D eigenvalue weighted by Gasteiger charge is 2.17. The molecule has 0 atom stereocenters. The maximum absolute atomic E-state index is 11.8. The minimum atomic E-state index is -3.85. The van der Waals surface area contributed by atoms with Crippen molar-refractivity contribution in [3.8, 4) is 5.88 Å². The van der Waals surface area contributed by atoms with Crippen molar-refractivity contribution in [2.75, 3.05) is 0 Å². The Morgan fingerprint density at radius 2 is 1.88 bits per heavy atom. The van der Waals surface area contributed by atoms with Crippen LogP contribution in [0.5, 0.6) is 5.88 Å². The van der Waals surface area contributed by atoms with Gasteiger partial charge in [0.2, 0.25) is 0 Å². The predicted molar refractivity (Wildman–Crippen MR) is 62.5 cm³/mol. The van der Waals surface area contributed by atoms with Gasteiger partial charge in [0.05, 0.1) is 0 Å². The van der Waals surface area contributed by atoms with E-state index in [1.54, 1.807) is 13.2 Å². The van der Waals surface area contributed by atoms with Crippen molar-refractivity contribution in [3.05, 3.63) is 41.6 Å². The molecule has 0 saturated carbocycles. The van der Waals surface area contributed by atoms with Gasteiger partial charge in [-0.2, -0.15) is 8.42 Å². The fourth-order valence-corrected chi connectivity index (χ4v) is 2.21. The lowest BCUT2D eigenvalue weighted by Gasteiger charge is -2.03. The fraction of sp³-hybridized carbons (Fsp3) is 0.100. The Morgan fingerprint density at radius 1 is 1.24 bits per heavy atom. The summed E-state index contributed by atoms with van der Waals surface area (Å²) >= 11 is 5.67. The second kappa shape index (κ2) is 4.38. The van der Waals surface area contributed by atoms with Gasteiger partial charge in [-0.15, -0.1) is 5.10 Å². The normalized spacial score (nSPS) is 11.4. The largest absolute Gasteiger partial charge is 0.357 e. The van der Waals surface area contributed by atoms with Crippen LogP contribution in [0.2, 0.25) is 5.02 Å². The Morgan fingerprint density at radius 3 is 2.41 bits per heavy atom. The summed E-state index contributed by atoms with van der Waals surface area (Å²) in [4.78, 5) is 0.0348. The van der Waals surface area contributed by atoms with Crippen LogP contribution in [0.25, 0.3) is 0 Å². The molecule has 0 radical (unpaired) electrons. The lowest BCUT2D eigenvalue weighted by molar-refractivity contribution is 0.471. The Bertz CT molecular complexity index is 619. The Kier molecular flexibility index (Phi) is 3.08. The van der Waals surface area contributed by atoms with Crippen LogP contribution in [0, 0.1) is 0 Å². The lowest BCUT2D eigenvalue weighted by Crippen LogP contribution is -2.10. The maximum Gasteiger partial charge on any atom is 0.340 e. The zero-order valence-corrected chi connectivity index (χ0v) is 10.4. The minimum Gasteiger partial charge on any atom is -0.357 e. The third-order valence-corrected chi connectivity index (χ3v) is 3.48. The lowest BCUT2D eigenvalue weighted by atomic mass is 10.4. The van der Waals surface area contributed by atoms with Crippen molar-refractivity contribution in [1.82, 2.24) is 9.78 Å². The van der Waals surface area contributed by atoms with Gasteiger partial charge in [-0.3, -0.25) is 4.68 Å². The average Bonchev–Trinajstić information content (AvgIpc) is 2.63. The highest BCUT2D eigenvalue weighted by atomic mass is 35.5. The third-order valence-electron chi connectivity index (χ3n) is 1.99. The summed E-state index contributed by atoms with van der Waals surface area (Å²) in [6.45, 7) is 0. The molecule has 0 spiro atoms. The van der Waals surface area contributed by atoms with E-state index in [-0.39, 0.29) is 10.8 Å². The second-order valence-corrected chi connectivity index (χ2v) is 5.30. The molecule has 17 heavy (non-hydrogen) atoms. The topological polar surface area (TPSA) is 61.2 Å². The van der Waals surface area contributed by atoms with Crippen LogP contribution in [-0.2, 0) is 17.2 Å². The molecule has 0 aliphatic heterocycles. The van der Waals surface area contributed by atoms with E-state index < -0.39 is 10.1 Å². The monoisotopic (exact) mass is 272 g/mol. The molecular formula is C10H9ClN2O3S. The second-order valence-electron chi connectivity index (χ2n) is 3.32. The molecule has 1 heterocycles. The molecule has 0 N–H and O–H groups in total. The summed E-state index contributed by atoms with van der Waals surface area (Å²) in [6.07, 6.45) is 1.59. The summed E-state index contributed by atoms with van der Waals surface area (Å²) in [5.74, 6) is 0.0300. The van der Waals surface area contributed by atoms with Gasteiger partial charge in [-0.25, -0.2) is 0 Å². The van der Waals surface area contributed by atoms with Gasteiger partial charge < -0.3 is 4.18 Å². The molecule has 1 aromatic carbocycles. The summed E-state index contributed by atoms with van der Waals surface area (Å²) in [5, 5.41) is 4.29. The summed E-state index contributed by atoms with van der Waals surface area (Å²) in [6, 6.07) is 7.18. The molecule has 0 bridgehead atoms. The maximum atomic E-state index is 11.8. The van der Waals surface area contributed by atoms with Crippen LogP contribution in [0.4, 0.5) is 0 Å². The van der Waals surface area contributed by atoms with E-state index in [1.165, 1.54) is 35.0 Å². The van der Waals surface area contributed by atoms with E-state index >= 15 is 0 Å². The molecular weight excluding hydrogens is 264 g/mol. The molecule has 0 unspecified atom stereocenters. The van der Waals surface area contributed by atoms with Crippen molar-refractivity contribution in [3.63, 3.8) is 0 Å². The van der Waals surface area contributed by atoms with E-state index in [2.05, 4.69) is 5.10 Å². The van der Waals surface area contributed by atoms with Gasteiger partial charge >= 0.3 is 10.1 Å². The number of halogens is 1. The van der Waals surface area contributed by atoms with Crippen molar-refractivity contribution in [2.24, 2.45) is 7.05 Å². The zero-order valence-electron chi connectivity index (χ0n) is 8.87. The number of nitrogens with zero attached hydrogens (tertiary/aromatic N) is 2. The van der Waals surface area contributed by atoms with Crippen molar-refractivity contribution >= 4 is 21.7 Å². The number of benzene rings is 1. The molecule has 7 heteroatoms. The van der Waals surface area contributed by atoms with Crippen LogP contribution < -0.4 is 4.18 Å². The van der Waals surface area contributed by atoms with E-state index in [9.17, 15) is 8.42 Å². The Hall–Kier alpha value is -1.53. The first-order valence-electron chi connectivity index (χ1n) is 4.67. The molecule has 2 aromatic rings. The summed E-state index contributed by atoms with van der Waals surface area (Å²) in [5.41, 5.74) is 0. The molecule has 0 aliphatic carbocycles. The number of aromatic nitrogens is 2. The van der Waals surface area contributed by atoms with E-state index in [0.29, 0.717) is 5.02 Å². The van der Waals surface area contributed by atoms with E-state index in [1.807, 2.05) is 0 Å². The number of hydrogen-bond donors (Lipinski definition) is 0. The first-order chi connectivity index (χ1) is 7.97. The highest BCUT2D eigenvalue weighted by Crippen LogP contribution is 2.18. The van der Waals surface area contributed by atoms with Gasteiger partial charge in [0, 0.05) is 24.3 Å². The van der Waals surface area contributed by atoms with Gasteiger partial charge in [0.25, 0.3) is 5.88 Å². The first kappa shape index (κ1) is 11.9. The van der Waals surface area contributed by atoms with Crippen LogP contribution >= 0.6 is 11.6 Å². The van der Waals surface area contributed by atoms with Gasteiger partial charge in [0.15, 0.2) is 0 Å². The molecule has 5 nitrogen and oxygen atoms in total. The zero-order chi connectivity index (χ0) is 12.5. The molecule has 1 aromatic heterocycles. The molecule has 0 aliphatic rings.